The molecule has 0 amide bonds. The minimum Gasteiger partial charge on any atom is -0.494 e. The molecule has 0 bridgehead atoms. The molecule has 0 fully saturated rings. The number of nitrogens with one attached hydrogen (secondary N) is 1. The molecule has 4 rings (SSSR count). The molecule has 2 atom stereocenters. The number of carbonyl (C=O) groups excluding carboxylic acids is 1. The van der Waals surface area contributed by atoms with Gasteiger partial charge in [-0.25, -0.2) is 0 Å². The lowest BCUT2D eigenvalue weighted by Crippen LogP contribution is -2.22. The zero-order valence-corrected chi connectivity index (χ0v) is 22.0. The fraction of sp³-hybridized carbons (Fsp3) is 0.607. The molecule has 1 aliphatic carbocycles. The molecule has 7 nitrogen and oxygen atoms in total. The number of aromatic nitrogens is 2. The normalized spacial score (nSPS) is 21.1. The molecular weight excluding hydrogens is 442 g/mol. The van der Waals surface area contributed by atoms with E-state index in [1.165, 1.54) is 22.3 Å². The van der Waals surface area contributed by atoms with Gasteiger partial charge >= 0.3 is 5.97 Å². The fourth-order valence-corrected chi connectivity index (χ4v) is 5.38. The highest BCUT2D eigenvalue weighted by atomic mass is 16.5. The second-order valence-electron chi connectivity index (χ2n) is 10.7. The molecule has 7 heteroatoms. The number of hydrogen-bond donors (Lipinski definition) is 1. The number of allylic oxidation sites excluding steroid dienone is 1. The zero-order valence-electron chi connectivity index (χ0n) is 22.0. The molecule has 2 aromatic rings. The molecular formula is C28H39N3O4. The highest BCUT2D eigenvalue weighted by Crippen LogP contribution is 2.50. The van der Waals surface area contributed by atoms with Crippen molar-refractivity contribution in [2.75, 3.05) is 19.7 Å². The van der Waals surface area contributed by atoms with Crippen molar-refractivity contribution in [3.63, 3.8) is 0 Å². The third kappa shape index (κ3) is 5.77. The summed E-state index contributed by atoms with van der Waals surface area (Å²) in [5.74, 6) is 2.30. The summed E-state index contributed by atoms with van der Waals surface area (Å²) in [4.78, 5) is 16.3. The maximum absolute atomic E-state index is 11.5. The van der Waals surface area contributed by atoms with Crippen molar-refractivity contribution in [1.82, 2.24) is 15.5 Å². The van der Waals surface area contributed by atoms with Crippen LogP contribution in [0.4, 0.5) is 0 Å². The molecule has 1 aliphatic heterocycles. The first kappa shape index (κ1) is 25.4. The van der Waals surface area contributed by atoms with Crippen LogP contribution in [-0.4, -0.2) is 41.9 Å². The van der Waals surface area contributed by atoms with Gasteiger partial charge in [0, 0.05) is 18.5 Å². The Kier molecular flexibility index (Phi) is 7.64. The summed E-state index contributed by atoms with van der Waals surface area (Å²) in [7, 11) is 0. The zero-order chi connectivity index (χ0) is 25.2. The van der Waals surface area contributed by atoms with Gasteiger partial charge in [-0.1, -0.05) is 19.0 Å². The Morgan fingerprint density at radius 2 is 1.97 bits per heavy atom. The van der Waals surface area contributed by atoms with E-state index in [1.807, 2.05) is 6.92 Å². The SMILES string of the molecule is CCOC(=O)CCNCCc1c(C)cc(-c2noc(C3C4=C(CC(C)(C)CC4)OC3C)n2)cc1C. The maximum atomic E-state index is 11.5. The van der Waals surface area contributed by atoms with Gasteiger partial charge in [0.25, 0.3) is 0 Å². The van der Waals surface area contributed by atoms with Crippen molar-refractivity contribution >= 4 is 5.97 Å². The number of rotatable bonds is 9. The van der Waals surface area contributed by atoms with Gasteiger partial charge in [-0.2, -0.15) is 4.98 Å². The third-order valence-corrected chi connectivity index (χ3v) is 7.27. The van der Waals surface area contributed by atoms with Crippen LogP contribution in [0.3, 0.4) is 0 Å². The standard InChI is InChI=1S/C28H39N3O4/c1-7-33-24(32)10-13-29-12-9-21-17(2)14-20(15-18(21)3)26-30-27(35-31-26)25-19(4)34-23-16-28(5,6)11-8-22(23)25/h14-15,19,25,29H,7-13,16H2,1-6H3. The Balaban J connectivity index is 1.42. The molecule has 2 aliphatic rings. The molecule has 190 valence electrons. The Morgan fingerprint density at radius 1 is 1.23 bits per heavy atom. The van der Waals surface area contributed by atoms with E-state index in [0.29, 0.717) is 31.3 Å². The van der Waals surface area contributed by atoms with Crippen LogP contribution in [0.25, 0.3) is 11.4 Å². The van der Waals surface area contributed by atoms with Crippen molar-refractivity contribution in [3.05, 3.63) is 46.0 Å². The van der Waals surface area contributed by atoms with Crippen LogP contribution in [0.1, 0.15) is 81.9 Å². The van der Waals surface area contributed by atoms with Gasteiger partial charge in [-0.05, 0) is 93.3 Å². The predicted octanol–water partition coefficient (Wildman–Crippen LogP) is 5.41. The monoisotopic (exact) mass is 481 g/mol. The van der Waals surface area contributed by atoms with Crippen LogP contribution in [0.15, 0.2) is 28.0 Å². The summed E-state index contributed by atoms with van der Waals surface area (Å²) in [6, 6.07) is 4.27. The van der Waals surface area contributed by atoms with Crippen LogP contribution in [0.2, 0.25) is 0 Å². The summed E-state index contributed by atoms with van der Waals surface area (Å²) < 4.78 is 17.0. The van der Waals surface area contributed by atoms with Crippen molar-refractivity contribution < 1.29 is 18.8 Å². The Bertz CT molecular complexity index is 1080. The van der Waals surface area contributed by atoms with Crippen molar-refractivity contribution in [2.24, 2.45) is 5.41 Å². The number of benzene rings is 1. The van der Waals surface area contributed by atoms with Gasteiger partial charge in [0.15, 0.2) is 0 Å². The minimum atomic E-state index is -0.158. The van der Waals surface area contributed by atoms with E-state index in [0.717, 1.165) is 43.6 Å². The maximum Gasteiger partial charge on any atom is 0.307 e. The van der Waals surface area contributed by atoms with E-state index in [9.17, 15) is 4.79 Å². The Labute approximate surface area is 208 Å². The first-order chi connectivity index (χ1) is 16.7. The Morgan fingerprint density at radius 3 is 2.69 bits per heavy atom. The summed E-state index contributed by atoms with van der Waals surface area (Å²) in [5.41, 5.74) is 6.30. The van der Waals surface area contributed by atoms with Crippen molar-refractivity contribution in [2.45, 2.75) is 85.7 Å². The van der Waals surface area contributed by atoms with Crippen LogP contribution in [-0.2, 0) is 20.7 Å². The predicted molar refractivity (Wildman–Crippen MR) is 135 cm³/mol. The summed E-state index contributed by atoms with van der Waals surface area (Å²) in [6.07, 6.45) is 4.45. The third-order valence-electron chi connectivity index (χ3n) is 7.27. The topological polar surface area (TPSA) is 86.5 Å². The first-order valence-electron chi connectivity index (χ1n) is 12.9. The molecule has 35 heavy (non-hydrogen) atoms. The van der Waals surface area contributed by atoms with Crippen LogP contribution in [0.5, 0.6) is 0 Å². The second kappa shape index (κ2) is 10.5. The molecule has 0 saturated carbocycles. The summed E-state index contributed by atoms with van der Waals surface area (Å²) in [5, 5.41) is 7.67. The highest BCUT2D eigenvalue weighted by Gasteiger charge is 2.43. The number of hydrogen-bond acceptors (Lipinski definition) is 7. The minimum absolute atomic E-state index is 0.0179. The van der Waals surface area contributed by atoms with Crippen LogP contribution < -0.4 is 5.32 Å². The summed E-state index contributed by atoms with van der Waals surface area (Å²) >= 11 is 0. The molecule has 0 radical (unpaired) electrons. The Hall–Kier alpha value is -2.67. The van der Waals surface area contributed by atoms with E-state index in [2.05, 4.69) is 57.2 Å². The molecule has 2 unspecified atom stereocenters. The first-order valence-corrected chi connectivity index (χ1v) is 12.9. The quantitative estimate of drug-likeness (QED) is 0.379. The average Bonchev–Trinajstić information content (AvgIpc) is 3.37. The molecule has 0 saturated heterocycles. The lowest BCUT2D eigenvalue weighted by Gasteiger charge is -2.30. The van der Waals surface area contributed by atoms with E-state index in [-0.39, 0.29) is 23.4 Å². The van der Waals surface area contributed by atoms with Crippen LogP contribution >= 0.6 is 0 Å². The highest BCUT2D eigenvalue weighted by molar-refractivity contribution is 5.69. The number of ether oxygens (including phenoxy) is 2. The number of esters is 1. The van der Waals surface area contributed by atoms with Crippen LogP contribution in [0, 0.1) is 19.3 Å². The molecule has 2 heterocycles. The molecule has 1 aromatic carbocycles. The number of nitrogens with zero attached hydrogens (tertiary/aromatic N) is 2. The summed E-state index contributed by atoms with van der Waals surface area (Å²) in [6.45, 7) is 14.6. The van der Waals surface area contributed by atoms with Crippen molar-refractivity contribution in [3.8, 4) is 11.4 Å². The van der Waals surface area contributed by atoms with Gasteiger partial charge in [0.2, 0.25) is 11.7 Å². The molecule has 1 N–H and O–H groups in total. The van der Waals surface area contributed by atoms with E-state index in [4.69, 9.17) is 19.0 Å². The fourth-order valence-electron chi connectivity index (χ4n) is 5.38. The van der Waals surface area contributed by atoms with Gasteiger partial charge in [-0.3, -0.25) is 4.79 Å². The number of carbonyl (C=O) groups is 1. The smallest absolute Gasteiger partial charge is 0.307 e. The van der Waals surface area contributed by atoms with E-state index < -0.39 is 0 Å². The van der Waals surface area contributed by atoms with Crippen molar-refractivity contribution in [1.29, 1.82) is 0 Å². The van der Waals surface area contributed by atoms with Gasteiger partial charge < -0.3 is 19.3 Å². The van der Waals surface area contributed by atoms with E-state index >= 15 is 0 Å². The largest absolute Gasteiger partial charge is 0.494 e. The van der Waals surface area contributed by atoms with Gasteiger partial charge in [-0.15, -0.1) is 0 Å². The molecule has 1 aromatic heterocycles. The number of aryl methyl sites for hydroxylation is 2. The lowest BCUT2D eigenvalue weighted by atomic mass is 9.75. The lowest BCUT2D eigenvalue weighted by molar-refractivity contribution is -0.142. The molecule has 0 spiro atoms. The van der Waals surface area contributed by atoms with Gasteiger partial charge in [0.1, 0.15) is 6.10 Å². The second-order valence-corrected chi connectivity index (χ2v) is 10.7. The van der Waals surface area contributed by atoms with E-state index in [1.54, 1.807) is 0 Å². The average molecular weight is 482 g/mol. The van der Waals surface area contributed by atoms with Gasteiger partial charge in [0.05, 0.1) is 24.7 Å².